The second-order valence-corrected chi connectivity index (χ2v) is 5.47. The molecule has 3 N–H and O–H groups in total. The number of hydrogen-bond acceptors (Lipinski definition) is 3. The van der Waals surface area contributed by atoms with Gasteiger partial charge in [-0.2, -0.15) is 13.2 Å². The van der Waals surface area contributed by atoms with Crippen LogP contribution in [0, 0.1) is 0 Å². The first-order valence-corrected chi connectivity index (χ1v) is 7.55. The number of carbonyl (C=O) groups is 1. The Labute approximate surface area is 146 Å². The summed E-state index contributed by atoms with van der Waals surface area (Å²) in [4.78, 5) is 14.9. The van der Waals surface area contributed by atoms with E-state index in [1.807, 2.05) is 0 Å². The van der Waals surface area contributed by atoms with Crippen molar-refractivity contribution in [1.29, 1.82) is 0 Å². The molecule has 2 aromatic carbocycles. The van der Waals surface area contributed by atoms with Crippen LogP contribution in [0.2, 0.25) is 0 Å². The zero-order chi connectivity index (χ0) is 18.7. The normalized spacial score (nSPS) is 11.3. The maximum atomic E-state index is 12.6. The lowest BCUT2D eigenvalue weighted by Gasteiger charge is -2.07. The first-order chi connectivity index (χ1) is 12.3. The van der Waals surface area contributed by atoms with Gasteiger partial charge in [0.25, 0.3) is 0 Å². The molecule has 0 radical (unpaired) electrons. The van der Waals surface area contributed by atoms with Crippen LogP contribution in [0.25, 0.3) is 17.1 Å². The number of nitrogens with one attached hydrogen (secondary N) is 1. The average Bonchev–Trinajstić information content (AvgIpc) is 3.10. The third-order valence-electron chi connectivity index (χ3n) is 3.63. The summed E-state index contributed by atoms with van der Waals surface area (Å²) in [5.41, 5.74) is 6.36. The van der Waals surface area contributed by atoms with Crippen molar-refractivity contribution in [3.05, 3.63) is 66.0 Å². The third kappa shape index (κ3) is 4.00. The van der Waals surface area contributed by atoms with Gasteiger partial charge in [-0.25, -0.2) is 14.5 Å². The molecule has 0 fully saturated rings. The fraction of sp³-hybridized carbons (Fsp3) is 0.118. The Bertz CT molecular complexity index is 901. The van der Waals surface area contributed by atoms with Crippen molar-refractivity contribution in [3.8, 4) is 17.1 Å². The summed E-state index contributed by atoms with van der Waals surface area (Å²) in [6, 6.07) is 11.2. The molecule has 1 heterocycles. The summed E-state index contributed by atoms with van der Waals surface area (Å²) in [7, 11) is 0. The minimum Gasteiger partial charge on any atom is -0.352 e. The molecular formula is C17H14F3N5O. The quantitative estimate of drug-likeness (QED) is 0.749. The van der Waals surface area contributed by atoms with E-state index < -0.39 is 17.8 Å². The van der Waals surface area contributed by atoms with Gasteiger partial charge in [0.1, 0.15) is 6.33 Å². The lowest BCUT2D eigenvalue weighted by molar-refractivity contribution is -0.137. The van der Waals surface area contributed by atoms with Crippen molar-refractivity contribution in [2.75, 3.05) is 0 Å². The van der Waals surface area contributed by atoms with Gasteiger partial charge in [-0.15, -0.1) is 5.10 Å². The van der Waals surface area contributed by atoms with Crippen molar-refractivity contribution < 1.29 is 18.0 Å². The van der Waals surface area contributed by atoms with Crippen LogP contribution in [0.15, 0.2) is 54.9 Å². The van der Waals surface area contributed by atoms with Crippen molar-refractivity contribution >= 4 is 6.03 Å². The summed E-state index contributed by atoms with van der Waals surface area (Å²) in [6.07, 6.45) is -2.95. The van der Waals surface area contributed by atoms with Gasteiger partial charge < -0.3 is 11.1 Å². The number of rotatable bonds is 4. The monoisotopic (exact) mass is 361 g/mol. The minimum atomic E-state index is -4.38. The van der Waals surface area contributed by atoms with Gasteiger partial charge in [0.2, 0.25) is 0 Å². The first-order valence-electron chi connectivity index (χ1n) is 7.55. The van der Waals surface area contributed by atoms with Gasteiger partial charge in [0, 0.05) is 12.1 Å². The Kier molecular flexibility index (Phi) is 4.61. The smallest absolute Gasteiger partial charge is 0.352 e. The zero-order valence-electron chi connectivity index (χ0n) is 13.4. The van der Waals surface area contributed by atoms with Gasteiger partial charge >= 0.3 is 12.2 Å². The highest BCUT2D eigenvalue weighted by molar-refractivity contribution is 5.71. The largest absolute Gasteiger partial charge is 0.416 e. The fourth-order valence-corrected chi connectivity index (χ4v) is 2.28. The Morgan fingerprint density at radius 2 is 1.73 bits per heavy atom. The Balaban J connectivity index is 1.76. The predicted octanol–water partition coefficient (Wildman–Crippen LogP) is 3.12. The van der Waals surface area contributed by atoms with Crippen LogP contribution in [0.5, 0.6) is 0 Å². The number of carbonyl (C=O) groups excluding carboxylic acids is 1. The van der Waals surface area contributed by atoms with Crippen LogP contribution >= 0.6 is 0 Å². The Morgan fingerprint density at radius 3 is 2.31 bits per heavy atom. The lowest BCUT2D eigenvalue weighted by atomic mass is 10.1. The number of nitrogens with two attached hydrogens (primary N) is 1. The van der Waals surface area contributed by atoms with E-state index in [2.05, 4.69) is 15.4 Å². The summed E-state index contributed by atoms with van der Waals surface area (Å²) in [5.74, 6) is 0.430. The number of alkyl halides is 3. The maximum absolute atomic E-state index is 12.6. The molecular weight excluding hydrogens is 347 g/mol. The lowest BCUT2D eigenvalue weighted by Crippen LogP contribution is -2.28. The van der Waals surface area contributed by atoms with Gasteiger partial charge in [-0.1, -0.05) is 24.3 Å². The molecule has 0 spiro atoms. The molecule has 26 heavy (non-hydrogen) atoms. The molecule has 0 aliphatic heterocycles. The van der Waals surface area contributed by atoms with Crippen LogP contribution in [-0.2, 0) is 12.7 Å². The van der Waals surface area contributed by atoms with Crippen LogP contribution in [-0.4, -0.2) is 20.8 Å². The van der Waals surface area contributed by atoms with Crippen molar-refractivity contribution in [1.82, 2.24) is 20.1 Å². The van der Waals surface area contributed by atoms with Gasteiger partial charge in [0.05, 0.1) is 11.3 Å². The molecule has 2 amide bonds. The molecule has 9 heteroatoms. The highest BCUT2D eigenvalue weighted by Gasteiger charge is 2.30. The molecule has 0 bridgehead atoms. The van der Waals surface area contributed by atoms with E-state index in [9.17, 15) is 18.0 Å². The fourth-order valence-electron chi connectivity index (χ4n) is 2.28. The molecule has 3 rings (SSSR count). The number of nitrogens with zero attached hydrogens (tertiary/aromatic N) is 3. The first kappa shape index (κ1) is 17.5. The summed E-state index contributed by atoms with van der Waals surface area (Å²) in [6.45, 7) is 0.309. The standard InChI is InChI=1S/C17H14F3N5O/c18-17(19,20)13-5-7-14(8-6-13)25-10-23-15(24-25)12-3-1-11(2-4-12)9-22-16(21)26/h1-8,10H,9H2,(H3,21,22,26). The van der Waals surface area contributed by atoms with E-state index in [1.165, 1.54) is 23.1 Å². The minimum absolute atomic E-state index is 0.309. The topological polar surface area (TPSA) is 85.8 Å². The molecule has 0 unspecified atom stereocenters. The van der Waals surface area contributed by atoms with E-state index >= 15 is 0 Å². The van der Waals surface area contributed by atoms with E-state index in [0.29, 0.717) is 18.1 Å². The average molecular weight is 361 g/mol. The van der Waals surface area contributed by atoms with Crippen LogP contribution < -0.4 is 11.1 Å². The summed E-state index contributed by atoms with van der Waals surface area (Å²) in [5, 5.41) is 6.77. The van der Waals surface area contributed by atoms with E-state index in [-0.39, 0.29) is 0 Å². The van der Waals surface area contributed by atoms with Crippen LogP contribution in [0.4, 0.5) is 18.0 Å². The van der Waals surface area contributed by atoms with Gasteiger partial charge in [-0.05, 0) is 29.8 Å². The third-order valence-corrected chi connectivity index (χ3v) is 3.63. The summed E-state index contributed by atoms with van der Waals surface area (Å²) >= 11 is 0. The number of primary amides is 1. The molecule has 0 aliphatic rings. The number of benzene rings is 2. The SMILES string of the molecule is NC(=O)NCc1ccc(-c2ncn(-c3ccc(C(F)(F)F)cc3)n2)cc1. The molecule has 0 aliphatic carbocycles. The molecule has 6 nitrogen and oxygen atoms in total. The summed E-state index contributed by atoms with van der Waals surface area (Å²) < 4.78 is 39.2. The predicted molar refractivity (Wildman–Crippen MR) is 88.2 cm³/mol. The Morgan fingerprint density at radius 1 is 1.08 bits per heavy atom. The molecule has 134 valence electrons. The highest BCUT2D eigenvalue weighted by Crippen LogP contribution is 2.29. The van der Waals surface area contributed by atoms with Crippen LogP contribution in [0.3, 0.4) is 0 Å². The second-order valence-electron chi connectivity index (χ2n) is 5.47. The number of urea groups is 1. The van der Waals surface area contributed by atoms with E-state index in [4.69, 9.17) is 5.73 Å². The zero-order valence-corrected chi connectivity index (χ0v) is 13.4. The van der Waals surface area contributed by atoms with Crippen molar-refractivity contribution in [3.63, 3.8) is 0 Å². The van der Waals surface area contributed by atoms with Crippen LogP contribution in [0.1, 0.15) is 11.1 Å². The number of halogens is 3. The molecule has 0 atom stereocenters. The maximum Gasteiger partial charge on any atom is 0.416 e. The Hall–Kier alpha value is -3.36. The van der Waals surface area contributed by atoms with Gasteiger partial charge in [0.15, 0.2) is 5.82 Å². The number of amides is 2. The molecule has 3 aromatic rings. The molecule has 0 saturated heterocycles. The van der Waals surface area contributed by atoms with Gasteiger partial charge in [-0.3, -0.25) is 0 Å². The van der Waals surface area contributed by atoms with E-state index in [0.717, 1.165) is 23.3 Å². The highest BCUT2D eigenvalue weighted by atomic mass is 19.4. The number of hydrogen-bond donors (Lipinski definition) is 2. The molecule has 0 saturated carbocycles. The van der Waals surface area contributed by atoms with Crippen molar-refractivity contribution in [2.24, 2.45) is 5.73 Å². The second kappa shape index (κ2) is 6.87. The van der Waals surface area contributed by atoms with Crippen molar-refractivity contribution in [2.45, 2.75) is 12.7 Å². The van der Waals surface area contributed by atoms with E-state index in [1.54, 1.807) is 24.3 Å². The molecule has 1 aromatic heterocycles. The number of aromatic nitrogens is 3.